The summed E-state index contributed by atoms with van der Waals surface area (Å²) in [6.07, 6.45) is 3.92. The summed E-state index contributed by atoms with van der Waals surface area (Å²) in [4.78, 5) is 2.75. The summed E-state index contributed by atoms with van der Waals surface area (Å²) in [5.41, 5.74) is 1.83. The van der Waals surface area contributed by atoms with E-state index in [-0.39, 0.29) is 17.3 Å². The monoisotopic (exact) mass is 539 g/mol. The van der Waals surface area contributed by atoms with Crippen LogP contribution in [0.5, 0.6) is 5.75 Å². The van der Waals surface area contributed by atoms with Crippen molar-refractivity contribution < 1.29 is 13.2 Å². The van der Waals surface area contributed by atoms with Crippen LogP contribution < -0.4 is 9.46 Å². The molecule has 2 aromatic rings. The molecule has 9 heteroatoms. The van der Waals surface area contributed by atoms with Gasteiger partial charge in [-0.1, -0.05) is 15.9 Å². The molecule has 2 atom stereocenters. The lowest BCUT2D eigenvalue weighted by molar-refractivity contribution is 0.0646. The van der Waals surface area contributed by atoms with Gasteiger partial charge >= 0.3 is 0 Å². The minimum absolute atomic E-state index is 0. The van der Waals surface area contributed by atoms with Crippen LogP contribution in [0.15, 0.2) is 51.8 Å². The molecule has 0 radical (unpaired) electrons. The van der Waals surface area contributed by atoms with Crippen LogP contribution in [-0.4, -0.2) is 45.6 Å². The Morgan fingerprint density at radius 3 is 2.72 bits per heavy atom. The molecule has 0 spiro atoms. The van der Waals surface area contributed by atoms with Crippen molar-refractivity contribution in [3.8, 4) is 11.8 Å². The maximum absolute atomic E-state index is 12.4. The molecule has 0 bridgehead atoms. The molecule has 2 aliphatic rings. The predicted octanol–water partition coefficient (Wildman–Crippen LogP) is 4.44. The number of piperidine rings is 1. The maximum Gasteiger partial charge on any atom is 0.240 e. The molecule has 2 heterocycles. The molecule has 0 aromatic heterocycles. The largest absolute Gasteiger partial charge is 0.492 e. The van der Waals surface area contributed by atoms with E-state index in [0.717, 1.165) is 54.6 Å². The van der Waals surface area contributed by atoms with Crippen LogP contribution in [0.4, 0.5) is 0 Å². The first-order chi connectivity index (χ1) is 15.0. The van der Waals surface area contributed by atoms with Crippen molar-refractivity contribution in [2.75, 3.05) is 26.2 Å². The first kappa shape index (κ1) is 25.0. The van der Waals surface area contributed by atoms with Gasteiger partial charge in [0.15, 0.2) is 0 Å². The fourth-order valence-corrected chi connectivity index (χ4v) is 5.89. The van der Waals surface area contributed by atoms with E-state index in [1.54, 1.807) is 24.3 Å². The van der Waals surface area contributed by atoms with Gasteiger partial charge in [0.25, 0.3) is 0 Å². The molecule has 1 saturated heterocycles. The molecule has 6 nitrogen and oxygen atoms in total. The number of rotatable bonds is 7. The summed E-state index contributed by atoms with van der Waals surface area (Å²) in [6, 6.07) is 14.9. The standard InChI is InChI=1S/C23H26BrN3O3S.ClH/c24-18-6-8-19(9-7-18)31(28,29)26-11-1-2-12-27-13-3-4-20-21-14-17(15-25)5-10-23(21)30-16-22(20)27;/h5-10,14,20,22,26H,1-4,11-13,16H2;1H/t20-,22-;/m0./s1. The highest BCUT2D eigenvalue weighted by Crippen LogP contribution is 2.41. The van der Waals surface area contributed by atoms with Gasteiger partial charge in [-0.3, -0.25) is 4.90 Å². The van der Waals surface area contributed by atoms with E-state index in [1.807, 2.05) is 18.2 Å². The predicted molar refractivity (Wildman–Crippen MR) is 130 cm³/mol. The molecule has 0 unspecified atom stereocenters. The number of halogens is 2. The Bertz CT molecular complexity index is 1070. The first-order valence-corrected chi connectivity index (χ1v) is 12.9. The Balaban J connectivity index is 0.00000289. The first-order valence-electron chi connectivity index (χ1n) is 10.6. The van der Waals surface area contributed by atoms with E-state index in [9.17, 15) is 13.7 Å². The molecular formula is C23H27BrClN3O3S. The highest BCUT2D eigenvalue weighted by atomic mass is 79.9. The van der Waals surface area contributed by atoms with Gasteiger partial charge in [-0.2, -0.15) is 5.26 Å². The lowest BCUT2D eigenvalue weighted by Crippen LogP contribution is -2.49. The van der Waals surface area contributed by atoms with Crippen molar-refractivity contribution >= 4 is 38.4 Å². The molecule has 0 aliphatic carbocycles. The number of ether oxygens (including phenoxy) is 1. The number of fused-ring (bicyclic) bond motifs is 3. The van der Waals surface area contributed by atoms with E-state index in [0.29, 0.717) is 30.7 Å². The van der Waals surface area contributed by atoms with Crippen molar-refractivity contribution in [2.45, 2.75) is 42.5 Å². The summed E-state index contributed by atoms with van der Waals surface area (Å²) in [5.74, 6) is 1.30. The summed E-state index contributed by atoms with van der Waals surface area (Å²) >= 11 is 3.32. The normalized spacial score (nSPS) is 20.2. The van der Waals surface area contributed by atoms with E-state index in [2.05, 4.69) is 31.6 Å². The molecule has 4 rings (SSSR count). The lowest BCUT2D eigenvalue weighted by Gasteiger charge is -2.44. The van der Waals surface area contributed by atoms with Gasteiger partial charge in [0.05, 0.1) is 22.6 Å². The van der Waals surface area contributed by atoms with Gasteiger partial charge in [-0.15, -0.1) is 12.4 Å². The van der Waals surface area contributed by atoms with E-state index in [1.165, 1.54) is 0 Å². The third-order valence-corrected chi connectivity index (χ3v) is 8.14. The molecule has 2 aromatic carbocycles. The fraction of sp³-hybridized carbons (Fsp3) is 0.435. The molecule has 2 aliphatic heterocycles. The van der Waals surface area contributed by atoms with Gasteiger partial charge in [-0.25, -0.2) is 13.1 Å². The average Bonchev–Trinajstić information content (AvgIpc) is 2.78. The number of nitrogens with zero attached hydrogens (tertiary/aromatic N) is 2. The van der Waals surface area contributed by atoms with Crippen LogP contribution in [0.3, 0.4) is 0 Å². The highest BCUT2D eigenvalue weighted by Gasteiger charge is 2.37. The van der Waals surface area contributed by atoms with E-state index in [4.69, 9.17) is 4.74 Å². The Kier molecular flexibility index (Phi) is 8.59. The molecular weight excluding hydrogens is 514 g/mol. The van der Waals surface area contributed by atoms with Crippen molar-refractivity contribution in [1.82, 2.24) is 9.62 Å². The number of hydrogen-bond donors (Lipinski definition) is 1. The number of unbranched alkanes of at least 4 members (excludes halogenated alkanes) is 1. The second kappa shape index (κ2) is 11.0. The van der Waals surface area contributed by atoms with Gasteiger partial charge in [0.1, 0.15) is 12.4 Å². The minimum Gasteiger partial charge on any atom is -0.492 e. The summed E-state index contributed by atoms with van der Waals surface area (Å²) in [7, 11) is -3.47. The van der Waals surface area contributed by atoms with Crippen LogP contribution >= 0.6 is 28.3 Å². The van der Waals surface area contributed by atoms with Gasteiger partial charge < -0.3 is 4.74 Å². The maximum atomic E-state index is 12.4. The average molecular weight is 541 g/mol. The SMILES string of the molecule is Cl.N#Cc1ccc2c(c1)[C@@H]1CCCN(CCCCNS(=O)(=O)c3ccc(Br)cc3)[C@H]1CO2. The van der Waals surface area contributed by atoms with Crippen LogP contribution in [0, 0.1) is 11.3 Å². The molecule has 172 valence electrons. The topological polar surface area (TPSA) is 82.4 Å². The summed E-state index contributed by atoms with van der Waals surface area (Å²) < 4.78 is 34.3. The number of sulfonamides is 1. The summed E-state index contributed by atoms with van der Waals surface area (Å²) in [5, 5.41) is 9.24. The minimum atomic E-state index is -3.47. The van der Waals surface area contributed by atoms with Crippen molar-refractivity contribution in [3.05, 3.63) is 58.1 Å². The Morgan fingerprint density at radius 1 is 1.19 bits per heavy atom. The highest BCUT2D eigenvalue weighted by molar-refractivity contribution is 9.10. The quantitative estimate of drug-likeness (QED) is 0.525. The zero-order chi connectivity index (χ0) is 21.8. The van der Waals surface area contributed by atoms with E-state index >= 15 is 0 Å². The smallest absolute Gasteiger partial charge is 0.240 e. The van der Waals surface area contributed by atoms with Crippen LogP contribution in [0.1, 0.15) is 42.7 Å². The van der Waals surface area contributed by atoms with Gasteiger partial charge in [0, 0.05) is 22.5 Å². The van der Waals surface area contributed by atoms with Crippen LogP contribution in [-0.2, 0) is 10.0 Å². The summed E-state index contributed by atoms with van der Waals surface area (Å²) in [6.45, 7) is 3.03. The molecule has 1 N–H and O–H groups in total. The third-order valence-electron chi connectivity index (χ3n) is 6.13. The van der Waals surface area contributed by atoms with Crippen molar-refractivity contribution in [3.63, 3.8) is 0 Å². The number of nitriles is 1. The fourth-order valence-electron chi connectivity index (χ4n) is 4.55. The second-order valence-corrected chi connectivity index (χ2v) is 10.8. The third kappa shape index (κ3) is 5.64. The Labute approximate surface area is 204 Å². The number of benzene rings is 2. The second-order valence-electron chi connectivity index (χ2n) is 8.09. The van der Waals surface area contributed by atoms with Crippen molar-refractivity contribution in [1.29, 1.82) is 5.26 Å². The van der Waals surface area contributed by atoms with Crippen molar-refractivity contribution in [2.24, 2.45) is 0 Å². The van der Waals surface area contributed by atoms with Gasteiger partial charge in [-0.05, 0) is 81.2 Å². The Morgan fingerprint density at radius 2 is 1.97 bits per heavy atom. The van der Waals surface area contributed by atoms with Crippen LogP contribution in [0.2, 0.25) is 0 Å². The Hall–Kier alpha value is -1.63. The number of hydrogen-bond acceptors (Lipinski definition) is 5. The lowest BCUT2D eigenvalue weighted by atomic mass is 9.81. The van der Waals surface area contributed by atoms with Crippen LogP contribution in [0.25, 0.3) is 0 Å². The van der Waals surface area contributed by atoms with Gasteiger partial charge in [0.2, 0.25) is 10.0 Å². The van der Waals surface area contributed by atoms with E-state index < -0.39 is 10.0 Å². The molecule has 32 heavy (non-hydrogen) atoms. The number of likely N-dealkylation sites (tertiary alicyclic amines) is 1. The molecule has 1 fully saturated rings. The zero-order valence-electron chi connectivity index (χ0n) is 17.7. The zero-order valence-corrected chi connectivity index (χ0v) is 20.9. The number of nitrogens with one attached hydrogen (secondary N) is 1. The molecule has 0 saturated carbocycles. The molecule has 0 amide bonds.